The summed E-state index contributed by atoms with van der Waals surface area (Å²) in [4.78, 5) is 0. The molecule has 0 saturated heterocycles. The van der Waals surface area contributed by atoms with Gasteiger partial charge in [0, 0.05) is 12.1 Å². The Kier molecular flexibility index (Phi) is 2.60. The number of rotatable bonds is 2. The van der Waals surface area contributed by atoms with Crippen LogP contribution in [0, 0.1) is 10.8 Å². The van der Waals surface area contributed by atoms with Crippen molar-refractivity contribution in [3.05, 3.63) is 35.4 Å². The van der Waals surface area contributed by atoms with Crippen molar-refractivity contribution in [3.63, 3.8) is 0 Å². The predicted octanol–water partition coefficient (Wildman–Crippen LogP) is 3.57. The maximum Gasteiger partial charge on any atom is 0.0183 e. The Morgan fingerprint density at radius 2 is 1.61 bits per heavy atom. The third kappa shape index (κ3) is 1.72. The molecule has 1 unspecified atom stereocenters. The molecule has 0 amide bonds. The smallest absolute Gasteiger partial charge is 0.0183 e. The van der Waals surface area contributed by atoms with E-state index in [0.717, 1.165) is 0 Å². The molecular weight excluding hydrogens is 218 g/mol. The molecule has 0 heterocycles. The van der Waals surface area contributed by atoms with Crippen LogP contribution in [-0.2, 0) is 12.8 Å². The van der Waals surface area contributed by atoms with Crippen LogP contribution in [0.5, 0.6) is 0 Å². The minimum atomic E-state index is 0.448. The average molecular weight is 243 g/mol. The van der Waals surface area contributed by atoms with E-state index in [1.807, 2.05) is 0 Å². The summed E-state index contributed by atoms with van der Waals surface area (Å²) in [6.07, 6.45) is 3.74. The minimum absolute atomic E-state index is 0.448. The highest BCUT2D eigenvalue weighted by Gasteiger charge is 2.64. The molecule has 18 heavy (non-hydrogen) atoms. The molecule has 3 rings (SSSR count). The quantitative estimate of drug-likeness (QED) is 0.837. The molecule has 1 heteroatoms. The molecule has 0 radical (unpaired) electrons. The van der Waals surface area contributed by atoms with Crippen molar-refractivity contribution in [2.45, 2.75) is 59.0 Å². The van der Waals surface area contributed by atoms with Gasteiger partial charge in [0.25, 0.3) is 0 Å². The van der Waals surface area contributed by atoms with Gasteiger partial charge in [-0.3, -0.25) is 0 Å². The molecule has 0 bridgehead atoms. The monoisotopic (exact) mass is 243 g/mol. The molecule has 1 aromatic carbocycles. The number of aryl methyl sites for hydroxylation is 1. The van der Waals surface area contributed by atoms with Gasteiger partial charge < -0.3 is 5.32 Å². The molecule has 0 spiro atoms. The fraction of sp³-hybridized carbons (Fsp3) is 0.647. The van der Waals surface area contributed by atoms with Gasteiger partial charge in [0.1, 0.15) is 0 Å². The maximum atomic E-state index is 3.91. The number of nitrogens with one attached hydrogen (secondary N) is 1. The summed E-state index contributed by atoms with van der Waals surface area (Å²) in [6, 6.07) is 10.3. The Morgan fingerprint density at radius 1 is 1.00 bits per heavy atom. The van der Waals surface area contributed by atoms with Crippen LogP contribution in [0.3, 0.4) is 0 Å². The zero-order valence-electron chi connectivity index (χ0n) is 12.1. The zero-order valence-corrected chi connectivity index (χ0v) is 12.1. The fourth-order valence-corrected chi connectivity index (χ4v) is 3.69. The van der Waals surface area contributed by atoms with Crippen molar-refractivity contribution >= 4 is 0 Å². The average Bonchev–Trinajstić information content (AvgIpc) is 2.72. The molecule has 1 saturated carbocycles. The fourth-order valence-electron chi connectivity index (χ4n) is 3.69. The number of hydrogen-bond donors (Lipinski definition) is 1. The van der Waals surface area contributed by atoms with Crippen LogP contribution in [0.4, 0.5) is 0 Å². The Bertz CT molecular complexity index is 444. The lowest BCUT2D eigenvalue weighted by molar-refractivity contribution is 0.419. The summed E-state index contributed by atoms with van der Waals surface area (Å²) in [5, 5.41) is 3.91. The molecule has 1 atom stereocenters. The zero-order chi connectivity index (χ0) is 13.0. The van der Waals surface area contributed by atoms with Crippen LogP contribution >= 0.6 is 0 Å². The van der Waals surface area contributed by atoms with Gasteiger partial charge in [-0.25, -0.2) is 0 Å². The molecule has 2 aliphatic carbocycles. The second-order valence-corrected chi connectivity index (χ2v) is 7.25. The molecular formula is C17H25N. The molecule has 1 aromatic rings. The van der Waals surface area contributed by atoms with Crippen molar-refractivity contribution in [3.8, 4) is 0 Å². The maximum absolute atomic E-state index is 3.91. The lowest BCUT2D eigenvalue weighted by Gasteiger charge is -2.26. The predicted molar refractivity (Wildman–Crippen MR) is 76.7 cm³/mol. The number of fused-ring (bicyclic) bond motifs is 1. The van der Waals surface area contributed by atoms with E-state index in [-0.39, 0.29) is 0 Å². The summed E-state index contributed by atoms with van der Waals surface area (Å²) in [5.41, 5.74) is 4.01. The van der Waals surface area contributed by atoms with E-state index >= 15 is 0 Å². The van der Waals surface area contributed by atoms with Crippen molar-refractivity contribution in [2.75, 3.05) is 0 Å². The summed E-state index contributed by atoms with van der Waals surface area (Å²) in [7, 11) is 0. The van der Waals surface area contributed by atoms with E-state index in [9.17, 15) is 0 Å². The van der Waals surface area contributed by atoms with E-state index in [1.54, 1.807) is 11.1 Å². The summed E-state index contributed by atoms with van der Waals surface area (Å²) in [5.74, 6) is 0. The second-order valence-electron chi connectivity index (χ2n) is 7.25. The molecule has 0 aromatic heterocycles. The third-order valence-corrected chi connectivity index (χ3v) is 5.77. The SMILES string of the molecule is CC1(C)C(NC2CCc3ccccc3C2)C1(C)C. The summed E-state index contributed by atoms with van der Waals surface area (Å²) >= 11 is 0. The molecule has 2 aliphatic rings. The highest BCUT2D eigenvalue weighted by Crippen LogP contribution is 2.62. The Morgan fingerprint density at radius 3 is 2.22 bits per heavy atom. The largest absolute Gasteiger partial charge is 0.310 e. The van der Waals surface area contributed by atoms with Crippen LogP contribution in [0.1, 0.15) is 45.2 Å². The summed E-state index contributed by atoms with van der Waals surface area (Å²) in [6.45, 7) is 9.56. The topological polar surface area (TPSA) is 12.0 Å². The standard InChI is InChI=1S/C17H25N/c1-16(2)15(17(16,3)4)18-14-10-9-12-7-5-6-8-13(12)11-14/h5-8,14-15,18H,9-11H2,1-4H3. The molecule has 1 N–H and O–H groups in total. The van der Waals surface area contributed by atoms with Gasteiger partial charge in [-0.05, 0) is 41.2 Å². The highest BCUT2D eigenvalue weighted by atomic mass is 15.1. The van der Waals surface area contributed by atoms with E-state index in [4.69, 9.17) is 0 Å². The van der Waals surface area contributed by atoms with E-state index in [1.165, 1.54) is 19.3 Å². The van der Waals surface area contributed by atoms with Gasteiger partial charge >= 0.3 is 0 Å². The minimum Gasteiger partial charge on any atom is -0.310 e. The van der Waals surface area contributed by atoms with Gasteiger partial charge in [0.05, 0.1) is 0 Å². The van der Waals surface area contributed by atoms with Crippen molar-refractivity contribution in [2.24, 2.45) is 10.8 Å². The third-order valence-electron chi connectivity index (χ3n) is 5.77. The van der Waals surface area contributed by atoms with Gasteiger partial charge in [-0.1, -0.05) is 52.0 Å². The van der Waals surface area contributed by atoms with E-state index in [0.29, 0.717) is 22.9 Å². The first kappa shape index (κ1) is 12.2. The Balaban J connectivity index is 1.68. The van der Waals surface area contributed by atoms with Gasteiger partial charge in [0.2, 0.25) is 0 Å². The molecule has 1 fully saturated rings. The van der Waals surface area contributed by atoms with E-state index in [2.05, 4.69) is 57.3 Å². The van der Waals surface area contributed by atoms with E-state index < -0.39 is 0 Å². The van der Waals surface area contributed by atoms with Crippen LogP contribution < -0.4 is 5.32 Å². The van der Waals surface area contributed by atoms with Crippen LogP contribution in [0.25, 0.3) is 0 Å². The summed E-state index contributed by atoms with van der Waals surface area (Å²) < 4.78 is 0. The first-order chi connectivity index (χ1) is 8.43. The van der Waals surface area contributed by atoms with Gasteiger partial charge in [-0.15, -0.1) is 0 Å². The normalized spacial score (nSPS) is 28.8. The number of hydrogen-bond acceptors (Lipinski definition) is 1. The van der Waals surface area contributed by atoms with Crippen molar-refractivity contribution in [1.82, 2.24) is 5.32 Å². The Hall–Kier alpha value is -0.820. The molecule has 1 nitrogen and oxygen atoms in total. The molecule has 0 aliphatic heterocycles. The van der Waals surface area contributed by atoms with Crippen LogP contribution in [-0.4, -0.2) is 12.1 Å². The van der Waals surface area contributed by atoms with Crippen molar-refractivity contribution < 1.29 is 0 Å². The van der Waals surface area contributed by atoms with Crippen LogP contribution in [0.15, 0.2) is 24.3 Å². The van der Waals surface area contributed by atoms with Gasteiger partial charge in [-0.2, -0.15) is 0 Å². The van der Waals surface area contributed by atoms with Crippen LogP contribution in [0.2, 0.25) is 0 Å². The first-order valence-electron chi connectivity index (χ1n) is 7.26. The molecule has 98 valence electrons. The van der Waals surface area contributed by atoms with Gasteiger partial charge in [0.15, 0.2) is 0 Å². The number of benzene rings is 1. The highest BCUT2D eigenvalue weighted by molar-refractivity contribution is 5.31. The lowest BCUT2D eigenvalue weighted by Crippen LogP contribution is -2.38. The lowest BCUT2D eigenvalue weighted by atomic mass is 9.88. The Labute approximate surface area is 111 Å². The van der Waals surface area contributed by atoms with Crippen molar-refractivity contribution in [1.29, 1.82) is 0 Å². The first-order valence-corrected chi connectivity index (χ1v) is 7.26. The second kappa shape index (κ2) is 3.84.